The molecule has 0 atom stereocenters. The van der Waals surface area contributed by atoms with Gasteiger partial charge in [0.25, 0.3) is 0 Å². The Balaban J connectivity index is 3.35. The van der Waals surface area contributed by atoms with Gasteiger partial charge < -0.3 is 0 Å². The van der Waals surface area contributed by atoms with Crippen LogP contribution in [0.3, 0.4) is 0 Å². The highest BCUT2D eigenvalue weighted by atomic mass is 32.1. The van der Waals surface area contributed by atoms with Crippen LogP contribution in [-0.2, 0) is 0 Å². The molecule has 0 aromatic rings. The minimum atomic E-state index is -0.134. The maximum absolute atomic E-state index is 6.32. The molecule has 0 unspecified atom stereocenters. The monoisotopic (exact) mass is 71.0 g/mol. The lowest BCUT2D eigenvalue weighted by Crippen LogP contribution is -1.39. The first-order chi connectivity index (χ1) is 2.27. The highest BCUT2D eigenvalue weighted by Crippen LogP contribution is 1.35. The molecular formula is C3H2S. The molecule has 0 aliphatic carbocycles. The van der Waals surface area contributed by atoms with Crippen molar-refractivity contribution in [3.8, 4) is 12.3 Å². The average molecular weight is 71.1 g/mol. The van der Waals surface area contributed by atoms with Crippen LogP contribution in [0, 0.1) is 12.3 Å². The van der Waals surface area contributed by atoms with E-state index in [-0.39, 0.29) is 5.34 Å². The fraction of sp³-hybridized carbons (Fsp3) is 0. The number of terminal acetylenes is 1. The number of hydrogen-bond acceptors (Lipinski definition) is 1. The molecule has 0 aliphatic rings. The fourth-order valence-corrected chi connectivity index (χ4v) is 0. The van der Waals surface area contributed by atoms with Crippen molar-refractivity contribution in [3.63, 3.8) is 0 Å². The van der Waals surface area contributed by atoms with Crippen LogP contribution in [0.4, 0.5) is 0 Å². The lowest BCUT2D eigenvalue weighted by Gasteiger charge is -1.34. The van der Waals surface area contributed by atoms with Crippen molar-refractivity contribution in [1.82, 2.24) is 0 Å². The predicted octanol–water partition coefficient (Wildman–Crippen LogP) is 0.619. The molecule has 0 aromatic carbocycles. The Bertz CT molecular complexity index is 79.4. The Hall–Kier alpha value is -0.350. The molecule has 0 aromatic heterocycles. The summed E-state index contributed by atoms with van der Waals surface area (Å²) in [6, 6.07) is 0. The van der Waals surface area contributed by atoms with Gasteiger partial charge >= 0.3 is 0 Å². The third kappa shape index (κ3) is 1.65. The van der Waals surface area contributed by atoms with Gasteiger partial charge in [-0.2, -0.15) is 0 Å². The van der Waals surface area contributed by atoms with Crippen molar-refractivity contribution < 1.29 is 1.37 Å². The molecule has 0 rings (SSSR count). The Morgan fingerprint density at radius 1 is 2.50 bits per heavy atom. The summed E-state index contributed by atoms with van der Waals surface area (Å²) in [7, 11) is 0. The summed E-state index contributed by atoms with van der Waals surface area (Å²) in [4.78, 5) is 0. The molecular weight excluding hydrogens is 68.1 g/mol. The largest absolute Gasteiger partial charge is 0.114 e. The molecule has 0 aliphatic heterocycles. The van der Waals surface area contributed by atoms with E-state index in [9.17, 15) is 0 Å². The van der Waals surface area contributed by atoms with Gasteiger partial charge in [0, 0.05) is 0 Å². The minimum Gasteiger partial charge on any atom is -0.114 e. The van der Waals surface area contributed by atoms with Crippen LogP contribution in [0.15, 0.2) is 0 Å². The van der Waals surface area contributed by atoms with Gasteiger partial charge in [0.05, 0.1) is 6.71 Å². The van der Waals surface area contributed by atoms with Crippen molar-refractivity contribution in [2.75, 3.05) is 0 Å². The Labute approximate surface area is 32.2 Å². The van der Waals surface area contributed by atoms with Gasteiger partial charge in [0.1, 0.15) is 0 Å². The van der Waals surface area contributed by atoms with E-state index in [2.05, 4.69) is 18.6 Å². The molecule has 4 heavy (non-hydrogen) atoms. The van der Waals surface area contributed by atoms with Crippen LogP contribution in [0.2, 0.25) is 0 Å². The molecule has 0 heterocycles. The minimum absolute atomic E-state index is 0.134. The van der Waals surface area contributed by atoms with Gasteiger partial charge in [-0.05, 0) is 0 Å². The highest BCUT2D eigenvalue weighted by molar-refractivity contribution is 7.79. The molecule has 0 N–H and O–H groups in total. The van der Waals surface area contributed by atoms with Gasteiger partial charge in [-0.15, -0.1) is 6.42 Å². The lowest BCUT2D eigenvalue weighted by molar-refractivity contribution is 2.99. The molecule has 0 nitrogen and oxygen atoms in total. The third-order valence-corrected chi connectivity index (χ3v) is 0.177. The van der Waals surface area contributed by atoms with Crippen LogP contribution < -0.4 is 0 Å². The Kier molecular flexibility index (Phi) is 1.27. The second-order valence-corrected chi connectivity index (χ2v) is 0.451. The fourth-order valence-electron chi connectivity index (χ4n) is 0. The van der Waals surface area contributed by atoms with Gasteiger partial charge in [-0.1, -0.05) is 18.1 Å². The summed E-state index contributed by atoms with van der Waals surface area (Å²) in [5.41, 5.74) is 0. The van der Waals surface area contributed by atoms with Crippen LogP contribution >= 0.6 is 12.2 Å². The van der Waals surface area contributed by atoms with E-state index in [1.807, 2.05) is 5.92 Å². The maximum Gasteiger partial charge on any atom is 0.0847 e. The van der Waals surface area contributed by atoms with E-state index in [0.29, 0.717) is 0 Å². The van der Waals surface area contributed by atoms with Crippen molar-refractivity contribution in [2.24, 2.45) is 0 Å². The lowest BCUT2D eigenvalue weighted by atomic mass is 10.8. The highest BCUT2D eigenvalue weighted by Gasteiger charge is 1.30. The van der Waals surface area contributed by atoms with Crippen LogP contribution in [-0.4, -0.2) is 5.34 Å². The van der Waals surface area contributed by atoms with E-state index >= 15 is 0 Å². The number of rotatable bonds is 0. The summed E-state index contributed by atoms with van der Waals surface area (Å²) in [5, 5.41) is -0.134. The summed E-state index contributed by atoms with van der Waals surface area (Å²) < 4.78 is 6.32. The van der Waals surface area contributed by atoms with Gasteiger partial charge in [0.15, 0.2) is 0 Å². The van der Waals surface area contributed by atoms with Gasteiger partial charge in [-0.25, -0.2) is 0 Å². The summed E-state index contributed by atoms with van der Waals surface area (Å²) in [6.45, 7) is 0. The molecule has 20 valence electrons. The maximum atomic E-state index is 6.32. The molecule has 0 saturated heterocycles. The Morgan fingerprint density at radius 3 is 2.75 bits per heavy atom. The van der Waals surface area contributed by atoms with Crippen LogP contribution in [0.25, 0.3) is 0 Å². The molecule has 0 fully saturated rings. The topological polar surface area (TPSA) is 0 Å². The van der Waals surface area contributed by atoms with E-state index in [1.165, 1.54) is 0 Å². The van der Waals surface area contributed by atoms with E-state index < -0.39 is 0 Å². The molecule has 0 saturated carbocycles. The number of thiocarbonyl (C=S) groups is 1. The second kappa shape index (κ2) is 2.65. The van der Waals surface area contributed by atoms with E-state index in [0.717, 1.165) is 0 Å². The van der Waals surface area contributed by atoms with Gasteiger partial charge in [-0.3, -0.25) is 0 Å². The molecule has 0 bridgehead atoms. The molecule has 1 heteroatoms. The summed E-state index contributed by atoms with van der Waals surface area (Å²) >= 11 is 4.13. The SMILES string of the molecule is [2H]C(=S)C#C. The standard InChI is InChI=1S/C3H2S/c1-2-3-4/h1,3H/i3D. The van der Waals surface area contributed by atoms with Crippen molar-refractivity contribution in [1.29, 1.82) is 0 Å². The zero-order chi connectivity index (χ0) is 4.28. The van der Waals surface area contributed by atoms with Crippen LogP contribution in [0.1, 0.15) is 1.37 Å². The summed E-state index contributed by atoms with van der Waals surface area (Å²) in [6.07, 6.45) is 4.59. The zero-order valence-corrected chi connectivity index (χ0v) is 2.80. The van der Waals surface area contributed by atoms with E-state index in [4.69, 9.17) is 1.37 Å². The molecule has 0 amide bonds. The molecule has 0 radical (unpaired) electrons. The first kappa shape index (κ1) is 1.92. The van der Waals surface area contributed by atoms with Crippen molar-refractivity contribution in [3.05, 3.63) is 0 Å². The number of hydrogen-bond donors (Lipinski definition) is 0. The second-order valence-electron chi connectivity index (χ2n) is 0.246. The molecule has 0 spiro atoms. The third-order valence-electron chi connectivity index (χ3n) is 0.0589. The van der Waals surface area contributed by atoms with Gasteiger partial charge in [0.2, 0.25) is 0 Å². The average Bonchev–Trinajstić information content (AvgIpc) is 1.38. The predicted molar refractivity (Wildman–Crippen MR) is 22.5 cm³/mol. The van der Waals surface area contributed by atoms with Crippen LogP contribution in [0.5, 0.6) is 0 Å². The summed E-state index contributed by atoms with van der Waals surface area (Å²) in [5.74, 6) is 1.93. The zero-order valence-electron chi connectivity index (χ0n) is 2.99. The quantitative estimate of drug-likeness (QED) is 0.298. The Morgan fingerprint density at radius 2 is 2.75 bits per heavy atom. The smallest absolute Gasteiger partial charge is 0.0847 e. The van der Waals surface area contributed by atoms with Crippen molar-refractivity contribution in [2.45, 2.75) is 0 Å². The van der Waals surface area contributed by atoms with E-state index in [1.54, 1.807) is 0 Å². The van der Waals surface area contributed by atoms with Crippen molar-refractivity contribution >= 4 is 17.6 Å². The first-order valence-corrected chi connectivity index (χ1v) is 1.15. The normalized spacial score (nSPS) is 7.25. The first-order valence-electron chi connectivity index (χ1n) is 1.24.